The molecule has 0 aliphatic carbocycles. The Hall–Kier alpha value is -2.14. The standard InChI is InChI=1S/C17H19NO3S/c1-12-5-4-6-15(11-12)17(19)18-13(2)14-7-9-16(10-8-14)22(3,20)21/h4-11,13H,1-3H3,(H,18,19). The van der Waals surface area contributed by atoms with Crippen LogP contribution >= 0.6 is 0 Å². The lowest BCUT2D eigenvalue weighted by molar-refractivity contribution is 0.0939. The number of hydrogen-bond donors (Lipinski definition) is 1. The van der Waals surface area contributed by atoms with Crippen molar-refractivity contribution < 1.29 is 13.2 Å². The summed E-state index contributed by atoms with van der Waals surface area (Å²) in [5.74, 6) is -0.150. The highest BCUT2D eigenvalue weighted by atomic mass is 32.2. The van der Waals surface area contributed by atoms with Crippen LogP contribution in [0.3, 0.4) is 0 Å². The quantitative estimate of drug-likeness (QED) is 0.943. The van der Waals surface area contributed by atoms with Gasteiger partial charge in [-0.2, -0.15) is 0 Å². The molecule has 1 amide bonds. The summed E-state index contributed by atoms with van der Waals surface area (Å²) >= 11 is 0. The van der Waals surface area contributed by atoms with E-state index in [0.717, 1.165) is 11.1 Å². The first-order valence-electron chi connectivity index (χ1n) is 6.95. The van der Waals surface area contributed by atoms with Crippen molar-refractivity contribution in [2.75, 3.05) is 6.26 Å². The monoisotopic (exact) mass is 317 g/mol. The molecule has 22 heavy (non-hydrogen) atoms. The van der Waals surface area contributed by atoms with Gasteiger partial charge in [-0.05, 0) is 43.7 Å². The second kappa shape index (κ2) is 6.32. The van der Waals surface area contributed by atoms with Crippen LogP contribution in [0.4, 0.5) is 0 Å². The molecule has 0 spiro atoms. The topological polar surface area (TPSA) is 63.2 Å². The summed E-state index contributed by atoms with van der Waals surface area (Å²) in [6.07, 6.45) is 1.17. The van der Waals surface area contributed by atoms with E-state index in [9.17, 15) is 13.2 Å². The second-order valence-electron chi connectivity index (χ2n) is 5.41. The van der Waals surface area contributed by atoms with E-state index >= 15 is 0 Å². The lowest BCUT2D eigenvalue weighted by Gasteiger charge is -2.15. The van der Waals surface area contributed by atoms with Crippen LogP contribution in [0.1, 0.15) is 34.5 Å². The molecule has 116 valence electrons. The number of nitrogens with one attached hydrogen (secondary N) is 1. The number of carbonyl (C=O) groups is 1. The molecule has 2 aromatic carbocycles. The van der Waals surface area contributed by atoms with Crippen LogP contribution in [0, 0.1) is 6.92 Å². The van der Waals surface area contributed by atoms with E-state index in [2.05, 4.69) is 5.32 Å². The molecular formula is C17H19NO3S. The molecule has 2 aromatic rings. The number of benzene rings is 2. The number of sulfone groups is 1. The van der Waals surface area contributed by atoms with Gasteiger partial charge in [-0.25, -0.2) is 8.42 Å². The van der Waals surface area contributed by atoms with E-state index < -0.39 is 9.84 Å². The third-order valence-corrected chi connectivity index (χ3v) is 4.56. The van der Waals surface area contributed by atoms with Crippen molar-refractivity contribution in [2.24, 2.45) is 0 Å². The highest BCUT2D eigenvalue weighted by Gasteiger charge is 2.13. The lowest BCUT2D eigenvalue weighted by Crippen LogP contribution is -2.26. The summed E-state index contributed by atoms with van der Waals surface area (Å²) in [4.78, 5) is 12.5. The Labute approximate surface area is 131 Å². The van der Waals surface area contributed by atoms with Gasteiger partial charge in [0, 0.05) is 11.8 Å². The Bertz CT molecular complexity index is 780. The minimum atomic E-state index is -3.20. The third kappa shape index (κ3) is 3.95. The Balaban J connectivity index is 2.12. The van der Waals surface area contributed by atoms with Crippen LogP contribution in [0.5, 0.6) is 0 Å². The van der Waals surface area contributed by atoms with Gasteiger partial charge in [-0.15, -0.1) is 0 Å². The minimum Gasteiger partial charge on any atom is -0.346 e. The van der Waals surface area contributed by atoms with Gasteiger partial charge in [0.2, 0.25) is 0 Å². The molecule has 0 bridgehead atoms. The molecule has 0 aliphatic heterocycles. The molecule has 0 aromatic heterocycles. The molecule has 5 heteroatoms. The maximum Gasteiger partial charge on any atom is 0.251 e. The molecule has 0 aliphatic rings. The van der Waals surface area contributed by atoms with E-state index in [1.165, 1.54) is 6.26 Å². The predicted octanol–water partition coefficient (Wildman–Crippen LogP) is 2.89. The van der Waals surface area contributed by atoms with Gasteiger partial charge >= 0.3 is 0 Å². The van der Waals surface area contributed by atoms with Gasteiger partial charge in [-0.1, -0.05) is 29.8 Å². The van der Waals surface area contributed by atoms with Crippen molar-refractivity contribution in [1.82, 2.24) is 5.32 Å². The Kier molecular flexibility index (Phi) is 4.66. The zero-order valence-corrected chi connectivity index (χ0v) is 13.6. The SMILES string of the molecule is Cc1cccc(C(=O)NC(C)c2ccc(S(C)(=O)=O)cc2)c1. The van der Waals surface area contributed by atoms with Gasteiger partial charge in [0.25, 0.3) is 5.91 Å². The van der Waals surface area contributed by atoms with Gasteiger partial charge in [0.1, 0.15) is 0 Å². The molecular weight excluding hydrogens is 298 g/mol. The first-order valence-corrected chi connectivity index (χ1v) is 8.84. The summed E-state index contributed by atoms with van der Waals surface area (Å²) in [6.45, 7) is 3.80. The van der Waals surface area contributed by atoms with E-state index in [1.807, 2.05) is 32.0 Å². The minimum absolute atomic E-state index is 0.150. The predicted molar refractivity (Wildman–Crippen MR) is 86.6 cm³/mol. The Morgan fingerprint density at radius 1 is 1.09 bits per heavy atom. The lowest BCUT2D eigenvalue weighted by atomic mass is 10.1. The maximum absolute atomic E-state index is 12.2. The second-order valence-corrected chi connectivity index (χ2v) is 7.42. The summed E-state index contributed by atoms with van der Waals surface area (Å²) in [5, 5.41) is 2.91. The van der Waals surface area contributed by atoms with Crippen LogP contribution in [0.15, 0.2) is 53.4 Å². The molecule has 0 saturated heterocycles. The first-order chi connectivity index (χ1) is 10.3. The fraction of sp³-hybridized carbons (Fsp3) is 0.235. The number of carbonyl (C=O) groups excluding carboxylic acids is 1. The molecule has 0 radical (unpaired) electrons. The highest BCUT2D eigenvalue weighted by Crippen LogP contribution is 2.17. The van der Waals surface area contributed by atoms with Crippen molar-refractivity contribution in [2.45, 2.75) is 24.8 Å². The summed E-state index contributed by atoms with van der Waals surface area (Å²) in [5.41, 5.74) is 2.49. The largest absolute Gasteiger partial charge is 0.346 e. The third-order valence-electron chi connectivity index (χ3n) is 3.44. The van der Waals surface area contributed by atoms with Gasteiger partial charge in [-0.3, -0.25) is 4.79 Å². The number of amides is 1. The van der Waals surface area contributed by atoms with E-state index in [0.29, 0.717) is 5.56 Å². The molecule has 1 atom stereocenters. The van der Waals surface area contributed by atoms with Crippen LogP contribution < -0.4 is 5.32 Å². The van der Waals surface area contributed by atoms with Crippen molar-refractivity contribution in [3.63, 3.8) is 0 Å². The summed E-state index contributed by atoms with van der Waals surface area (Å²) < 4.78 is 22.9. The van der Waals surface area contributed by atoms with Crippen LogP contribution in [0.25, 0.3) is 0 Å². The zero-order chi connectivity index (χ0) is 16.3. The van der Waals surface area contributed by atoms with Crippen molar-refractivity contribution in [3.05, 3.63) is 65.2 Å². The van der Waals surface area contributed by atoms with E-state index in [-0.39, 0.29) is 16.8 Å². The first kappa shape index (κ1) is 16.2. The molecule has 1 unspecified atom stereocenters. The molecule has 1 N–H and O–H groups in total. The molecule has 0 saturated carbocycles. The fourth-order valence-electron chi connectivity index (χ4n) is 2.15. The van der Waals surface area contributed by atoms with Gasteiger partial charge < -0.3 is 5.32 Å². The maximum atomic E-state index is 12.2. The number of hydrogen-bond acceptors (Lipinski definition) is 3. The highest BCUT2D eigenvalue weighted by molar-refractivity contribution is 7.90. The average molecular weight is 317 g/mol. The average Bonchev–Trinajstić information content (AvgIpc) is 2.46. The molecule has 4 nitrogen and oxygen atoms in total. The van der Waals surface area contributed by atoms with Crippen molar-refractivity contribution in [3.8, 4) is 0 Å². The van der Waals surface area contributed by atoms with Crippen molar-refractivity contribution in [1.29, 1.82) is 0 Å². The number of rotatable bonds is 4. The van der Waals surface area contributed by atoms with Crippen LogP contribution in [0.2, 0.25) is 0 Å². The Morgan fingerprint density at radius 2 is 1.73 bits per heavy atom. The van der Waals surface area contributed by atoms with E-state index in [4.69, 9.17) is 0 Å². The number of aryl methyl sites for hydroxylation is 1. The van der Waals surface area contributed by atoms with Crippen molar-refractivity contribution >= 4 is 15.7 Å². The van der Waals surface area contributed by atoms with Gasteiger partial charge in [0.05, 0.1) is 10.9 Å². The summed E-state index contributed by atoms with van der Waals surface area (Å²) in [6, 6.07) is 13.7. The van der Waals surface area contributed by atoms with Gasteiger partial charge in [0.15, 0.2) is 9.84 Å². The normalized spacial score (nSPS) is 12.7. The zero-order valence-electron chi connectivity index (χ0n) is 12.8. The molecule has 0 fully saturated rings. The van der Waals surface area contributed by atoms with Crippen LogP contribution in [-0.4, -0.2) is 20.6 Å². The van der Waals surface area contributed by atoms with E-state index in [1.54, 1.807) is 30.3 Å². The summed E-state index contributed by atoms with van der Waals surface area (Å²) in [7, 11) is -3.20. The Morgan fingerprint density at radius 3 is 2.27 bits per heavy atom. The molecule has 0 heterocycles. The molecule has 2 rings (SSSR count). The smallest absolute Gasteiger partial charge is 0.251 e. The fourth-order valence-corrected chi connectivity index (χ4v) is 2.78. The van der Waals surface area contributed by atoms with Crippen LogP contribution in [-0.2, 0) is 9.84 Å².